The van der Waals surface area contributed by atoms with Crippen molar-refractivity contribution in [1.82, 2.24) is 15.1 Å². The number of nitrogens with one attached hydrogen (secondary N) is 1. The molecule has 4 heteroatoms. The van der Waals surface area contributed by atoms with Crippen LogP contribution in [0.2, 0.25) is 0 Å². The van der Waals surface area contributed by atoms with Gasteiger partial charge in [-0.25, -0.2) is 4.68 Å². The number of aliphatic hydroxyl groups is 1. The predicted molar refractivity (Wildman–Crippen MR) is 111 cm³/mol. The van der Waals surface area contributed by atoms with Gasteiger partial charge in [0.1, 0.15) is 11.8 Å². The first-order valence-corrected chi connectivity index (χ1v) is 9.43. The van der Waals surface area contributed by atoms with Crippen molar-refractivity contribution in [2.24, 2.45) is 0 Å². The summed E-state index contributed by atoms with van der Waals surface area (Å²) in [5.41, 5.74) is 4.69. The number of hydrogen-bond donors (Lipinski definition) is 2. The molecule has 0 spiro atoms. The monoisotopic (exact) mass is 369 g/mol. The maximum atomic E-state index is 10.9. The summed E-state index contributed by atoms with van der Waals surface area (Å²) in [6, 6.07) is 29.9. The molecule has 140 valence electrons. The average Bonchev–Trinajstić information content (AvgIpc) is 3.19. The van der Waals surface area contributed by atoms with Crippen LogP contribution in [0.3, 0.4) is 0 Å². The third-order valence-corrected chi connectivity index (χ3v) is 4.71. The second-order valence-electron chi connectivity index (χ2n) is 6.72. The van der Waals surface area contributed by atoms with Crippen molar-refractivity contribution in [3.05, 3.63) is 120 Å². The first-order valence-electron chi connectivity index (χ1n) is 9.43. The van der Waals surface area contributed by atoms with Crippen LogP contribution in [0.15, 0.2) is 97.2 Å². The summed E-state index contributed by atoms with van der Waals surface area (Å²) in [4.78, 5) is 0. The molecule has 0 aliphatic rings. The molecule has 2 N–H and O–H groups in total. The molecule has 0 unspecified atom stereocenters. The van der Waals surface area contributed by atoms with Crippen LogP contribution < -0.4 is 5.32 Å². The Morgan fingerprint density at radius 2 is 1.39 bits per heavy atom. The number of aliphatic hydroxyl groups excluding tert-OH is 1. The highest BCUT2D eigenvalue weighted by Gasteiger charge is 2.19. The fraction of sp³-hybridized carbons (Fsp3) is 0.125. The highest BCUT2D eigenvalue weighted by molar-refractivity contribution is 5.36. The third kappa shape index (κ3) is 4.19. The van der Waals surface area contributed by atoms with E-state index in [1.54, 1.807) is 0 Å². The van der Waals surface area contributed by atoms with E-state index < -0.39 is 6.10 Å². The van der Waals surface area contributed by atoms with E-state index in [0.29, 0.717) is 12.2 Å². The zero-order valence-corrected chi connectivity index (χ0v) is 15.6. The molecule has 0 aliphatic carbocycles. The third-order valence-electron chi connectivity index (χ3n) is 4.71. The van der Waals surface area contributed by atoms with Crippen molar-refractivity contribution >= 4 is 0 Å². The number of hydrogen-bond acceptors (Lipinski definition) is 3. The fourth-order valence-electron chi connectivity index (χ4n) is 3.23. The van der Waals surface area contributed by atoms with E-state index in [1.807, 2.05) is 89.7 Å². The van der Waals surface area contributed by atoms with Crippen molar-refractivity contribution in [2.45, 2.75) is 19.2 Å². The number of aromatic nitrogens is 2. The van der Waals surface area contributed by atoms with Gasteiger partial charge in [0.05, 0.1) is 5.69 Å². The molecule has 0 fully saturated rings. The molecule has 4 aromatic rings. The molecule has 4 rings (SSSR count). The Bertz CT molecular complexity index is 998. The Kier molecular flexibility index (Phi) is 5.61. The van der Waals surface area contributed by atoms with Gasteiger partial charge >= 0.3 is 0 Å². The molecular weight excluding hydrogens is 346 g/mol. The molecule has 0 aliphatic heterocycles. The van der Waals surface area contributed by atoms with Crippen molar-refractivity contribution in [3.63, 3.8) is 0 Å². The van der Waals surface area contributed by atoms with Crippen LogP contribution in [-0.4, -0.2) is 14.9 Å². The van der Waals surface area contributed by atoms with Gasteiger partial charge in [-0.2, -0.15) is 5.10 Å². The van der Waals surface area contributed by atoms with Crippen molar-refractivity contribution in [3.8, 4) is 5.69 Å². The van der Waals surface area contributed by atoms with E-state index in [0.717, 1.165) is 23.4 Å². The van der Waals surface area contributed by atoms with Crippen LogP contribution >= 0.6 is 0 Å². The SMILES string of the molecule is O[C@H](c1ccccc1)c1nn(-c2ccccc2)cc1CNCc1ccccc1. The highest BCUT2D eigenvalue weighted by Crippen LogP contribution is 2.25. The van der Waals surface area contributed by atoms with Crippen LogP contribution in [0.5, 0.6) is 0 Å². The molecule has 1 heterocycles. The Balaban J connectivity index is 1.60. The van der Waals surface area contributed by atoms with E-state index in [-0.39, 0.29) is 0 Å². The van der Waals surface area contributed by atoms with E-state index in [1.165, 1.54) is 5.56 Å². The summed E-state index contributed by atoms with van der Waals surface area (Å²) in [6.07, 6.45) is 1.23. The molecule has 4 nitrogen and oxygen atoms in total. The van der Waals surface area contributed by atoms with Gasteiger partial charge in [0.15, 0.2) is 0 Å². The first kappa shape index (κ1) is 18.2. The maximum Gasteiger partial charge on any atom is 0.123 e. The molecular formula is C24H23N3O. The van der Waals surface area contributed by atoms with Crippen molar-refractivity contribution in [1.29, 1.82) is 0 Å². The molecule has 0 amide bonds. The van der Waals surface area contributed by atoms with E-state index >= 15 is 0 Å². The molecule has 0 saturated heterocycles. The summed E-state index contributed by atoms with van der Waals surface area (Å²) >= 11 is 0. The minimum Gasteiger partial charge on any atom is -0.382 e. The second kappa shape index (κ2) is 8.65. The lowest BCUT2D eigenvalue weighted by Crippen LogP contribution is -2.14. The maximum absolute atomic E-state index is 10.9. The lowest BCUT2D eigenvalue weighted by molar-refractivity contribution is 0.213. The Morgan fingerprint density at radius 3 is 2.07 bits per heavy atom. The van der Waals surface area contributed by atoms with Gasteiger partial charge in [-0.05, 0) is 23.3 Å². The second-order valence-corrected chi connectivity index (χ2v) is 6.72. The summed E-state index contributed by atoms with van der Waals surface area (Å²) in [7, 11) is 0. The summed E-state index contributed by atoms with van der Waals surface area (Å²) in [6.45, 7) is 1.39. The van der Waals surface area contributed by atoms with Gasteiger partial charge < -0.3 is 10.4 Å². The summed E-state index contributed by atoms with van der Waals surface area (Å²) in [5.74, 6) is 0. The van der Waals surface area contributed by atoms with Crippen LogP contribution in [0, 0.1) is 0 Å². The Hall–Kier alpha value is -3.21. The van der Waals surface area contributed by atoms with Gasteiger partial charge in [-0.1, -0.05) is 78.9 Å². The van der Waals surface area contributed by atoms with Gasteiger partial charge in [0.25, 0.3) is 0 Å². The first-order chi connectivity index (χ1) is 13.8. The standard InChI is InChI=1S/C24H23N3O/c28-24(20-12-6-2-7-13-20)23-21(17-25-16-19-10-4-1-5-11-19)18-27(26-23)22-14-8-3-9-15-22/h1-15,18,24-25,28H,16-17H2/t24-/m1/s1. The molecule has 28 heavy (non-hydrogen) atoms. The van der Waals surface area contributed by atoms with E-state index in [4.69, 9.17) is 5.10 Å². The van der Waals surface area contributed by atoms with Gasteiger partial charge in [0, 0.05) is 24.8 Å². The smallest absolute Gasteiger partial charge is 0.123 e. The minimum atomic E-state index is -0.764. The van der Waals surface area contributed by atoms with Crippen LogP contribution in [0.25, 0.3) is 5.69 Å². The Morgan fingerprint density at radius 1 is 0.786 bits per heavy atom. The fourth-order valence-corrected chi connectivity index (χ4v) is 3.23. The number of rotatable bonds is 7. The zero-order valence-electron chi connectivity index (χ0n) is 15.6. The van der Waals surface area contributed by atoms with E-state index in [2.05, 4.69) is 17.4 Å². The Labute approximate surface area is 165 Å². The molecule has 0 saturated carbocycles. The highest BCUT2D eigenvalue weighted by atomic mass is 16.3. The predicted octanol–water partition coefficient (Wildman–Crippen LogP) is 4.24. The van der Waals surface area contributed by atoms with Crippen molar-refractivity contribution in [2.75, 3.05) is 0 Å². The average molecular weight is 369 g/mol. The summed E-state index contributed by atoms with van der Waals surface area (Å²) in [5, 5.41) is 19.1. The minimum absolute atomic E-state index is 0.626. The lowest BCUT2D eigenvalue weighted by atomic mass is 10.0. The van der Waals surface area contributed by atoms with E-state index in [9.17, 15) is 5.11 Å². The summed E-state index contributed by atoms with van der Waals surface area (Å²) < 4.78 is 1.83. The molecule has 1 atom stereocenters. The molecule has 3 aromatic carbocycles. The van der Waals surface area contributed by atoms with Crippen LogP contribution in [0.1, 0.15) is 28.5 Å². The van der Waals surface area contributed by atoms with Gasteiger partial charge in [0.2, 0.25) is 0 Å². The molecule has 0 bridgehead atoms. The van der Waals surface area contributed by atoms with Gasteiger partial charge in [-0.3, -0.25) is 0 Å². The zero-order chi connectivity index (χ0) is 19.2. The largest absolute Gasteiger partial charge is 0.382 e. The van der Waals surface area contributed by atoms with Crippen LogP contribution in [-0.2, 0) is 13.1 Å². The lowest BCUT2D eigenvalue weighted by Gasteiger charge is -2.11. The number of benzene rings is 3. The normalized spacial score (nSPS) is 12.0. The molecule has 0 radical (unpaired) electrons. The quantitative estimate of drug-likeness (QED) is 0.512. The molecule has 1 aromatic heterocycles. The number of para-hydroxylation sites is 1. The van der Waals surface area contributed by atoms with Gasteiger partial charge in [-0.15, -0.1) is 0 Å². The van der Waals surface area contributed by atoms with Crippen molar-refractivity contribution < 1.29 is 5.11 Å². The van der Waals surface area contributed by atoms with Crippen LogP contribution in [0.4, 0.5) is 0 Å². The topological polar surface area (TPSA) is 50.1 Å². The number of nitrogens with zero attached hydrogens (tertiary/aromatic N) is 2.